The molecule has 160 valence electrons. The van der Waals surface area contributed by atoms with Gasteiger partial charge in [-0.1, -0.05) is 6.07 Å². The normalized spacial score (nSPS) is 12.9. The largest absolute Gasteiger partial charge is 0.486 e. The minimum Gasteiger partial charge on any atom is -0.486 e. The first-order valence-electron chi connectivity index (χ1n) is 8.91. The monoisotopic (exact) mass is 433 g/mol. The van der Waals surface area contributed by atoms with Gasteiger partial charge in [-0.2, -0.15) is 13.2 Å². The molecule has 1 aromatic heterocycles. The van der Waals surface area contributed by atoms with Gasteiger partial charge in [-0.25, -0.2) is 9.97 Å². The lowest BCUT2D eigenvalue weighted by Crippen LogP contribution is -2.15. The second kappa shape index (κ2) is 7.97. The number of aromatic nitrogens is 2. The van der Waals surface area contributed by atoms with Crippen LogP contribution in [0.4, 0.5) is 41.9 Å². The van der Waals surface area contributed by atoms with E-state index >= 15 is 0 Å². The molecule has 2 aromatic carbocycles. The van der Waals surface area contributed by atoms with Gasteiger partial charge in [0.15, 0.2) is 11.5 Å². The summed E-state index contributed by atoms with van der Waals surface area (Å²) in [6.45, 7) is 0.789. The summed E-state index contributed by atoms with van der Waals surface area (Å²) in [5.41, 5.74) is -1.00. The zero-order chi connectivity index (χ0) is 22.0. The minimum absolute atomic E-state index is 0.0121. The molecule has 0 fully saturated rings. The number of benzene rings is 2. The number of nitrogens with one attached hydrogen (secondary N) is 2. The van der Waals surface area contributed by atoms with Crippen molar-refractivity contribution in [2.75, 3.05) is 23.8 Å². The number of ether oxygens (including phenoxy) is 2. The average molecular weight is 433 g/mol. The van der Waals surface area contributed by atoms with Crippen molar-refractivity contribution in [1.82, 2.24) is 9.97 Å². The highest BCUT2D eigenvalue weighted by atomic mass is 19.4. The zero-order valence-corrected chi connectivity index (χ0v) is 15.6. The Balaban J connectivity index is 1.65. The van der Waals surface area contributed by atoms with Crippen LogP contribution in [0.1, 0.15) is 5.56 Å². The van der Waals surface area contributed by atoms with Crippen LogP contribution in [0.5, 0.6) is 11.5 Å². The van der Waals surface area contributed by atoms with Gasteiger partial charge in [0.2, 0.25) is 11.6 Å². The maximum absolute atomic E-state index is 12.9. The van der Waals surface area contributed by atoms with Crippen molar-refractivity contribution in [3.05, 3.63) is 64.5 Å². The molecule has 0 unspecified atom stereocenters. The number of anilines is 4. The van der Waals surface area contributed by atoms with Gasteiger partial charge in [0.1, 0.15) is 19.5 Å². The lowest BCUT2D eigenvalue weighted by molar-refractivity contribution is -0.383. The predicted molar refractivity (Wildman–Crippen MR) is 104 cm³/mol. The molecule has 1 aliphatic rings. The Bertz CT molecular complexity index is 1140. The standard InChI is InChI=1S/C19H14F3N5O4/c20-19(21,22)11-2-1-3-12(8-11)25-17-16(27(28)29)18(24-10-23-17)26-13-4-5-14-15(9-13)31-7-6-30-14/h1-5,8-10H,6-7H2,(H2,23,24,25,26). The van der Waals surface area contributed by atoms with E-state index < -0.39 is 22.4 Å². The first kappa shape index (κ1) is 20.2. The molecule has 3 aromatic rings. The molecule has 0 saturated heterocycles. The third-order valence-corrected chi connectivity index (χ3v) is 4.26. The summed E-state index contributed by atoms with van der Waals surface area (Å²) in [5, 5.41) is 17.1. The van der Waals surface area contributed by atoms with Crippen molar-refractivity contribution in [1.29, 1.82) is 0 Å². The van der Waals surface area contributed by atoms with Gasteiger partial charge in [-0.05, 0) is 30.3 Å². The van der Waals surface area contributed by atoms with Gasteiger partial charge in [0, 0.05) is 17.4 Å². The topological polar surface area (TPSA) is 111 Å². The van der Waals surface area contributed by atoms with Gasteiger partial charge < -0.3 is 20.1 Å². The fourth-order valence-electron chi connectivity index (χ4n) is 2.90. The number of hydrogen-bond donors (Lipinski definition) is 2. The van der Waals surface area contributed by atoms with Crippen molar-refractivity contribution in [2.45, 2.75) is 6.18 Å². The van der Waals surface area contributed by atoms with Crippen LogP contribution in [0, 0.1) is 10.1 Å². The van der Waals surface area contributed by atoms with Crippen molar-refractivity contribution in [3.63, 3.8) is 0 Å². The van der Waals surface area contributed by atoms with E-state index in [0.29, 0.717) is 30.4 Å². The highest BCUT2D eigenvalue weighted by molar-refractivity contribution is 5.77. The van der Waals surface area contributed by atoms with Gasteiger partial charge in [0.05, 0.1) is 10.5 Å². The molecule has 0 saturated carbocycles. The van der Waals surface area contributed by atoms with Crippen molar-refractivity contribution < 1.29 is 27.6 Å². The molecule has 4 rings (SSSR count). The highest BCUT2D eigenvalue weighted by Gasteiger charge is 2.31. The molecular formula is C19H14F3N5O4. The van der Waals surface area contributed by atoms with Crippen LogP contribution in [0.3, 0.4) is 0 Å². The fourth-order valence-corrected chi connectivity index (χ4v) is 2.90. The zero-order valence-electron chi connectivity index (χ0n) is 15.6. The average Bonchev–Trinajstić information content (AvgIpc) is 2.73. The summed E-state index contributed by atoms with van der Waals surface area (Å²) >= 11 is 0. The van der Waals surface area contributed by atoms with E-state index in [1.807, 2.05) is 0 Å². The molecule has 12 heteroatoms. The lowest BCUT2D eigenvalue weighted by atomic mass is 10.2. The quantitative estimate of drug-likeness (QED) is 0.441. The molecule has 1 aliphatic heterocycles. The Kier molecular flexibility index (Phi) is 5.19. The Hall–Kier alpha value is -4.09. The lowest BCUT2D eigenvalue weighted by Gasteiger charge is -2.19. The minimum atomic E-state index is -4.56. The molecule has 2 heterocycles. The summed E-state index contributed by atoms with van der Waals surface area (Å²) in [6.07, 6.45) is -3.50. The number of nitro groups is 1. The van der Waals surface area contributed by atoms with Gasteiger partial charge in [-0.3, -0.25) is 10.1 Å². The highest BCUT2D eigenvalue weighted by Crippen LogP contribution is 2.37. The van der Waals surface area contributed by atoms with Crippen LogP contribution < -0.4 is 20.1 Å². The fraction of sp³-hybridized carbons (Fsp3) is 0.158. The third-order valence-electron chi connectivity index (χ3n) is 4.26. The summed E-state index contributed by atoms with van der Waals surface area (Å²) in [7, 11) is 0. The predicted octanol–water partition coefficient (Wildman–Crippen LogP) is 4.66. The second-order valence-electron chi connectivity index (χ2n) is 6.36. The van der Waals surface area contributed by atoms with E-state index in [4.69, 9.17) is 9.47 Å². The molecular weight excluding hydrogens is 419 g/mol. The number of rotatable bonds is 5. The number of hydrogen-bond acceptors (Lipinski definition) is 8. The third kappa shape index (κ3) is 4.42. The van der Waals surface area contributed by atoms with Crippen LogP contribution in [0.25, 0.3) is 0 Å². The SMILES string of the molecule is O=[N+]([O-])c1c(Nc2cccc(C(F)(F)F)c2)ncnc1Nc1ccc2c(c1)OCCO2. The van der Waals surface area contributed by atoms with Crippen molar-refractivity contribution in [2.24, 2.45) is 0 Å². The molecule has 0 bridgehead atoms. The van der Waals surface area contributed by atoms with E-state index in [1.165, 1.54) is 12.1 Å². The molecule has 0 spiro atoms. The number of alkyl halides is 3. The first-order valence-corrected chi connectivity index (χ1v) is 8.91. The number of fused-ring (bicyclic) bond motifs is 1. The van der Waals surface area contributed by atoms with Gasteiger partial charge in [0.25, 0.3) is 0 Å². The molecule has 0 amide bonds. The van der Waals surface area contributed by atoms with Gasteiger partial charge in [-0.15, -0.1) is 0 Å². The number of halogens is 3. The first-order chi connectivity index (χ1) is 14.8. The van der Waals surface area contributed by atoms with Crippen LogP contribution in [-0.4, -0.2) is 28.1 Å². The Morgan fingerprint density at radius 3 is 2.23 bits per heavy atom. The maximum atomic E-state index is 12.9. The summed E-state index contributed by atoms with van der Waals surface area (Å²) < 4.78 is 49.8. The summed E-state index contributed by atoms with van der Waals surface area (Å²) in [6, 6.07) is 9.13. The van der Waals surface area contributed by atoms with E-state index in [2.05, 4.69) is 20.6 Å². The Labute approximate surface area is 173 Å². The molecule has 31 heavy (non-hydrogen) atoms. The van der Waals surface area contributed by atoms with E-state index in [1.54, 1.807) is 18.2 Å². The molecule has 2 N–H and O–H groups in total. The Morgan fingerprint density at radius 1 is 0.935 bits per heavy atom. The number of nitrogens with zero attached hydrogens (tertiary/aromatic N) is 3. The Morgan fingerprint density at radius 2 is 1.58 bits per heavy atom. The smallest absolute Gasteiger partial charge is 0.416 e. The van der Waals surface area contributed by atoms with Crippen molar-refractivity contribution in [3.8, 4) is 11.5 Å². The summed E-state index contributed by atoms with van der Waals surface area (Å²) in [5.74, 6) is 0.599. The molecule has 0 radical (unpaired) electrons. The second-order valence-corrected chi connectivity index (χ2v) is 6.36. The van der Waals surface area contributed by atoms with E-state index in [0.717, 1.165) is 18.5 Å². The van der Waals surface area contributed by atoms with E-state index in [-0.39, 0.29) is 17.3 Å². The summed E-state index contributed by atoms with van der Waals surface area (Å²) in [4.78, 5) is 18.7. The van der Waals surface area contributed by atoms with Crippen LogP contribution >= 0.6 is 0 Å². The van der Waals surface area contributed by atoms with E-state index in [9.17, 15) is 23.3 Å². The maximum Gasteiger partial charge on any atom is 0.416 e. The molecule has 0 atom stereocenters. The van der Waals surface area contributed by atoms with Crippen molar-refractivity contribution >= 4 is 28.7 Å². The molecule has 9 nitrogen and oxygen atoms in total. The van der Waals surface area contributed by atoms with Crippen LogP contribution in [0.2, 0.25) is 0 Å². The van der Waals surface area contributed by atoms with Gasteiger partial charge >= 0.3 is 11.9 Å². The molecule has 0 aliphatic carbocycles. The van der Waals surface area contributed by atoms with Crippen LogP contribution in [0.15, 0.2) is 48.8 Å². The van der Waals surface area contributed by atoms with Crippen LogP contribution in [-0.2, 0) is 6.18 Å².